The molecule has 0 saturated carbocycles. The summed E-state index contributed by atoms with van der Waals surface area (Å²) in [5, 5.41) is 7.46. The number of nitrogens with zero attached hydrogens (tertiary/aromatic N) is 3. The molecular formula is C9H8N6. The maximum atomic E-state index is 5.80. The van der Waals surface area contributed by atoms with E-state index in [0.717, 1.165) is 16.7 Å². The fourth-order valence-corrected chi connectivity index (χ4v) is 1.47. The molecule has 6 heteroatoms. The molecule has 3 aromatic heterocycles. The van der Waals surface area contributed by atoms with Crippen molar-refractivity contribution in [1.82, 2.24) is 25.1 Å². The lowest BCUT2D eigenvalue weighted by molar-refractivity contribution is 1.07. The van der Waals surface area contributed by atoms with Gasteiger partial charge in [-0.25, -0.2) is 9.97 Å². The topological polar surface area (TPSA) is 96.3 Å². The van der Waals surface area contributed by atoms with Gasteiger partial charge in [0, 0.05) is 12.4 Å². The molecule has 0 atom stereocenters. The molecule has 0 aliphatic carbocycles. The number of anilines is 1. The summed E-state index contributed by atoms with van der Waals surface area (Å²) < 4.78 is 0. The molecule has 0 radical (unpaired) electrons. The molecule has 0 aliphatic heterocycles. The van der Waals surface area contributed by atoms with E-state index >= 15 is 0 Å². The van der Waals surface area contributed by atoms with Crippen LogP contribution in [0.1, 0.15) is 0 Å². The van der Waals surface area contributed by atoms with Gasteiger partial charge < -0.3 is 10.7 Å². The first-order valence-electron chi connectivity index (χ1n) is 4.45. The summed E-state index contributed by atoms with van der Waals surface area (Å²) in [5.41, 5.74) is 7.28. The third kappa shape index (κ3) is 1.15. The molecule has 0 aromatic carbocycles. The number of aromatic nitrogens is 5. The van der Waals surface area contributed by atoms with Crippen molar-refractivity contribution in [3.8, 4) is 11.5 Å². The van der Waals surface area contributed by atoms with Crippen molar-refractivity contribution in [2.24, 2.45) is 0 Å². The normalized spacial score (nSPS) is 10.9. The fraction of sp³-hybridized carbons (Fsp3) is 0. The summed E-state index contributed by atoms with van der Waals surface area (Å²) in [7, 11) is 0. The van der Waals surface area contributed by atoms with Gasteiger partial charge in [0.1, 0.15) is 17.2 Å². The van der Waals surface area contributed by atoms with Crippen molar-refractivity contribution in [2.45, 2.75) is 0 Å². The molecule has 3 aromatic rings. The van der Waals surface area contributed by atoms with Crippen LogP contribution in [0.2, 0.25) is 0 Å². The predicted octanol–water partition coefficient (Wildman–Crippen LogP) is 0.930. The second-order valence-corrected chi connectivity index (χ2v) is 3.14. The molecule has 4 N–H and O–H groups in total. The van der Waals surface area contributed by atoms with E-state index in [1.807, 2.05) is 6.07 Å². The van der Waals surface area contributed by atoms with E-state index in [1.165, 1.54) is 0 Å². The van der Waals surface area contributed by atoms with Crippen LogP contribution in [0.25, 0.3) is 22.6 Å². The summed E-state index contributed by atoms with van der Waals surface area (Å²) in [6.45, 7) is 0. The van der Waals surface area contributed by atoms with Crippen molar-refractivity contribution in [1.29, 1.82) is 0 Å². The van der Waals surface area contributed by atoms with Gasteiger partial charge in [-0.15, -0.1) is 0 Å². The Morgan fingerprint density at radius 1 is 1.20 bits per heavy atom. The van der Waals surface area contributed by atoms with E-state index in [2.05, 4.69) is 25.1 Å². The minimum absolute atomic E-state index is 0.464. The van der Waals surface area contributed by atoms with Crippen LogP contribution in [-0.4, -0.2) is 25.1 Å². The molecule has 0 fully saturated rings. The number of nitrogen functional groups attached to an aromatic ring is 1. The quantitative estimate of drug-likeness (QED) is 0.544. The number of nitrogens with one attached hydrogen (secondary N) is 2. The number of hydrogen-bond acceptors (Lipinski definition) is 4. The molecule has 3 rings (SSSR count). The molecule has 0 aliphatic rings. The van der Waals surface area contributed by atoms with Crippen LogP contribution in [-0.2, 0) is 0 Å². The van der Waals surface area contributed by atoms with Gasteiger partial charge in [0.15, 0.2) is 5.82 Å². The van der Waals surface area contributed by atoms with Crippen LogP contribution in [0.3, 0.4) is 0 Å². The molecule has 15 heavy (non-hydrogen) atoms. The van der Waals surface area contributed by atoms with Gasteiger partial charge in [-0.2, -0.15) is 5.10 Å². The molecular weight excluding hydrogens is 192 g/mol. The Labute approximate surface area is 84.6 Å². The highest BCUT2D eigenvalue weighted by Crippen LogP contribution is 2.20. The van der Waals surface area contributed by atoms with Crippen LogP contribution in [0, 0.1) is 0 Å². The zero-order chi connectivity index (χ0) is 10.3. The van der Waals surface area contributed by atoms with E-state index < -0.39 is 0 Å². The van der Waals surface area contributed by atoms with Crippen LogP contribution < -0.4 is 5.73 Å². The van der Waals surface area contributed by atoms with Crippen molar-refractivity contribution in [3.63, 3.8) is 0 Å². The second kappa shape index (κ2) is 2.81. The lowest BCUT2D eigenvalue weighted by atomic mass is 10.3. The highest BCUT2D eigenvalue weighted by Gasteiger charge is 2.08. The third-order valence-corrected chi connectivity index (χ3v) is 2.19. The summed E-state index contributed by atoms with van der Waals surface area (Å²) in [6, 6.07) is 3.64. The Morgan fingerprint density at radius 3 is 2.93 bits per heavy atom. The van der Waals surface area contributed by atoms with Crippen molar-refractivity contribution < 1.29 is 0 Å². The van der Waals surface area contributed by atoms with E-state index in [9.17, 15) is 0 Å². The minimum atomic E-state index is 0.464. The maximum Gasteiger partial charge on any atom is 0.181 e. The van der Waals surface area contributed by atoms with E-state index in [4.69, 9.17) is 5.73 Å². The average molecular weight is 200 g/mol. The summed E-state index contributed by atoms with van der Waals surface area (Å²) in [6.07, 6.45) is 3.43. The largest absolute Gasteiger partial charge is 0.383 e. The van der Waals surface area contributed by atoms with Gasteiger partial charge >= 0.3 is 0 Å². The first-order chi connectivity index (χ1) is 7.34. The second-order valence-electron chi connectivity index (χ2n) is 3.14. The highest BCUT2D eigenvalue weighted by molar-refractivity contribution is 5.87. The van der Waals surface area contributed by atoms with Gasteiger partial charge in [0.25, 0.3) is 0 Å². The minimum Gasteiger partial charge on any atom is -0.383 e. The van der Waals surface area contributed by atoms with E-state index in [0.29, 0.717) is 11.6 Å². The predicted molar refractivity (Wildman–Crippen MR) is 55.9 cm³/mol. The zero-order valence-corrected chi connectivity index (χ0v) is 7.73. The highest BCUT2D eigenvalue weighted by atomic mass is 15.1. The smallest absolute Gasteiger partial charge is 0.181 e. The molecule has 6 nitrogen and oxygen atoms in total. The third-order valence-electron chi connectivity index (χ3n) is 2.19. The van der Waals surface area contributed by atoms with Crippen LogP contribution >= 0.6 is 0 Å². The Kier molecular flexibility index (Phi) is 1.49. The molecule has 0 unspecified atom stereocenters. The number of hydrogen-bond donors (Lipinski definition) is 3. The maximum absolute atomic E-state index is 5.80. The Bertz CT molecular complexity index is 594. The summed E-state index contributed by atoms with van der Waals surface area (Å²) in [4.78, 5) is 11.5. The number of nitrogens with two attached hydrogens (primary N) is 1. The number of aromatic amines is 2. The Hall–Kier alpha value is -2.37. The molecule has 0 spiro atoms. The number of rotatable bonds is 1. The lowest BCUT2D eigenvalue weighted by Crippen LogP contribution is -1.97. The fourth-order valence-electron chi connectivity index (χ4n) is 1.47. The van der Waals surface area contributed by atoms with Crippen molar-refractivity contribution in [3.05, 3.63) is 24.5 Å². The summed E-state index contributed by atoms with van der Waals surface area (Å²) >= 11 is 0. The van der Waals surface area contributed by atoms with Crippen LogP contribution in [0.5, 0.6) is 0 Å². The van der Waals surface area contributed by atoms with Crippen molar-refractivity contribution in [2.75, 3.05) is 5.73 Å². The Morgan fingerprint density at radius 2 is 2.13 bits per heavy atom. The van der Waals surface area contributed by atoms with Crippen molar-refractivity contribution >= 4 is 16.9 Å². The van der Waals surface area contributed by atoms with Crippen LogP contribution in [0.15, 0.2) is 24.5 Å². The van der Waals surface area contributed by atoms with E-state index in [1.54, 1.807) is 18.5 Å². The first-order valence-corrected chi connectivity index (χ1v) is 4.45. The summed E-state index contributed by atoms with van der Waals surface area (Å²) in [5.74, 6) is 1.01. The van der Waals surface area contributed by atoms with Gasteiger partial charge in [-0.05, 0) is 12.1 Å². The molecule has 0 saturated heterocycles. The first kappa shape index (κ1) is 7.98. The molecule has 0 bridgehead atoms. The molecule has 74 valence electrons. The number of H-pyrrole nitrogens is 2. The molecule has 3 heterocycles. The van der Waals surface area contributed by atoms with Crippen LogP contribution in [0.4, 0.5) is 5.82 Å². The van der Waals surface area contributed by atoms with Gasteiger partial charge in [0.05, 0.1) is 5.39 Å². The van der Waals surface area contributed by atoms with Gasteiger partial charge in [-0.3, -0.25) is 5.10 Å². The Balaban J connectivity index is 2.29. The van der Waals surface area contributed by atoms with E-state index in [-0.39, 0.29) is 0 Å². The average Bonchev–Trinajstić information content (AvgIpc) is 2.88. The lowest BCUT2D eigenvalue weighted by Gasteiger charge is -1.99. The van der Waals surface area contributed by atoms with Gasteiger partial charge in [0.2, 0.25) is 0 Å². The number of fused-ring (bicyclic) bond motifs is 1. The standard InChI is InChI=1S/C9H8N6/c10-7-5-1-3-11-8(5)14-9(13-7)6-2-4-12-15-6/h1-4H,(H,12,15)(H3,10,11,13,14). The zero-order valence-electron chi connectivity index (χ0n) is 7.73. The molecule has 0 amide bonds. The SMILES string of the molecule is Nc1nc(-c2ccn[nH]2)nc2[nH]ccc12. The monoisotopic (exact) mass is 200 g/mol. The van der Waals surface area contributed by atoms with Gasteiger partial charge in [-0.1, -0.05) is 0 Å².